The maximum Gasteiger partial charge on any atom is 0.335 e. The summed E-state index contributed by atoms with van der Waals surface area (Å²) in [6, 6.07) is 3.03. The number of ether oxygens (including phenoxy) is 1. The van der Waals surface area contributed by atoms with E-state index in [1.54, 1.807) is 4.72 Å². The summed E-state index contributed by atoms with van der Waals surface area (Å²) in [6.07, 6.45) is 0. The normalized spacial score (nSPS) is 12.2. The fourth-order valence-corrected chi connectivity index (χ4v) is 2.58. The second kappa shape index (κ2) is 5.71. The van der Waals surface area contributed by atoms with Crippen molar-refractivity contribution in [1.29, 1.82) is 0 Å². The molecule has 112 valence electrons. The van der Waals surface area contributed by atoms with Crippen LogP contribution in [-0.4, -0.2) is 39.1 Å². The highest BCUT2D eigenvalue weighted by molar-refractivity contribution is 7.89. The molecule has 0 unspecified atom stereocenters. The van der Waals surface area contributed by atoms with Gasteiger partial charge in [-0.3, -0.25) is 0 Å². The summed E-state index contributed by atoms with van der Waals surface area (Å²) in [5, 5.41) is 8.79. The predicted molar refractivity (Wildman–Crippen MR) is 65.8 cm³/mol. The molecule has 0 spiro atoms. The average Bonchev–Trinajstić information content (AvgIpc) is 2.35. The van der Waals surface area contributed by atoms with Crippen LogP contribution >= 0.6 is 0 Å². The van der Waals surface area contributed by atoms with Gasteiger partial charge in [-0.25, -0.2) is 26.7 Å². The molecule has 0 aliphatic carbocycles. The van der Waals surface area contributed by atoms with Crippen LogP contribution in [-0.2, 0) is 10.0 Å². The van der Waals surface area contributed by atoms with Gasteiger partial charge in [0, 0.05) is 6.92 Å². The second-order valence-corrected chi connectivity index (χ2v) is 5.80. The van der Waals surface area contributed by atoms with Crippen molar-refractivity contribution in [2.24, 2.45) is 0 Å². The number of halogens is 2. The van der Waals surface area contributed by atoms with Gasteiger partial charge >= 0.3 is 5.97 Å². The number of carbonyl (C=O) groups is 1. The summed E-state index contributed by atoms with van der Waals surface area (Å²) in [5.41, 5.74) is -0.179. The Bertz CT molecular complexity index is 610. The molecule has 9 heteroatoms. The third kappa shape index (κ3) is 4.14. The predicted octanol–water partition coefficient (Wildman–Crippen LogP) is 1.33. The van der Waals surface area contributed by atoms with E-state index in [4.69, 9.17) is 9.84 Å². The van der Waals surface area contributed by atoms with E-state index in [-0.39, 0.29) is 11.3 Å². The van der Waals surface area contributed by atoms with Gasteiger partial charge in [-0.05, 0) is 18.2 Å². The molecule has 0 saturated carbocycles. The zero-order valence-corrected chi connectivity index (χ0v) is 11.5. The van der Waals surface area contributed by atoms with Crippen LogP contribution in [0.5, 0.6) is 5.75 Å². The lowest BCUT2D eigenvalue weighted by Gasteiger charge is -2.14. The zero-order valence-electron chi connectivity index (χ0n) is 10.7. The number of hydrogen-bond donors (Lipinski definition) is 2. The fourth-order valence-electron chi connectivity index (χ4n) is 1.32. The summed E-state index contributed by atoms with van der Waals surface area (Å²) < 4.78 is 55.6. The van der Waals surface area contributed by atoms with E-state index in [9.17, 15) is 22.0 Å². The Labute approximate surface area is 114 Å². The van der Waals surface area contributed by atoms with Crippen molar-refractivity contribution in [3.05, 3.63) is 23.8 Å². The number of aromatic carboxylic acids is 1. The topological polar surface area (TPSA) is 92.7 Å². The molecule has 0 bridgehead atoms. The molecule has 6 nitrogen and oxygen atoms in total. The van der Waals surface area contributed by atoms with Crippen molar-refractivity contribution in [1.82, 2.24) is 4.72 Å². The average molecular weight is 309 g/mol. The first-order chi connectivity index (χ1) is 9.07. The minimum atomic E-state index is -4.23. The van der Waals surface area contributed by atoms with Crippen LogP contribution in [0.1, 0.15) is 17.3 Å². The first kappa shape index (κ1) is 16.3. The number of benzene rings is 1. The minimum Gasteiger partial charge on any atom is -0.495 e. The van der Waals surface area contributed by atoms with Gasteiger partial charge in [-0.15, -0.1) is 0 Å². The van der Waals surface area contributed by atoms with Gasteiger partial charge in [0.05, 0.1) is 19.2 Å². The molecule has 0 fully saturated rings. The Hall–Kier alpha value is -1.74. The van der Waals surface area contributed by atoms with Gasteiger partial charge in [0.1, 0.15) is 10.6 Å². The Kier molecular flexibility index (Phi) is 4.66. The molecule has 0 aliphatic rings. The molecule has 0 aromatic heterocycles. The largest absolute Gasteiger partial charge is 0.495 e. The number of methoxy groups -OCH3 is 1. The zero-order chi connectivity index (χ0) is 15.6. The maximum atomic E-state index is 12.7. The molecular formula is C11H13F2NO5S. The van der Waals surface area contributed by atoms with Crippen molar-refractivity contribution >= 4 is 16.0 Å². The lowest BCUT2D eigenvalue weighted by Crippen LogP contribution is -2.34. The fraction of sp³-hybridized carbons (Fsp3) is 0.364. The monoisotopic (exact) mass is 309 g/mol. The van der Waals surface area contributed by atoms with E-state index in [0.717, 1.165) is 25.3 Å². The third-order valence-electron chi connectivity index (χ3n) is 2.27. The number of alkyl halides is 2. The van der Waals surface area contributed by atoms with Gasteiger partial charge in [0.25, 0.3) is 5.92 Å². The van der Waals surface area contributed by atoms with Gasteiger partial charge in [0.15, 0.2) is 0 Å². The van der Waals surface area contributed by atoms with E-state index < -0.39 is 33.4 Å². The van der Waals surface area contributed by atoms with E-state index in [0.29, 0.717) is 6.92 Å². The Morgan fingerprint density at radius 3 is 2.50 bits per heavy atom. The molecule has 1 aromatic rings. The van der Waals surface area contributed by atoms with Gasteiger partial charge in [-0.1, -0.05) is 0 Å². The second-order valence-electron chi connectivity index (χ2n) is 4.07. The molecule has 0 aliphatic heterocycles. The molecule has 1 rings (SSSR count). The summed E-state index contributed by atoms with van der Waals surface area (Å²) in [6.45, 7) is -0.501. The molecule has 2 N–H and O–H groups in total. The molecule has 0 atom stereocenters. The van der Waals surface area contributed by atoms with Gasteiger partial charge < -0.3 is 9.84 Å². The molecular weight excluding hydrogens is 296 g/mol. The first-order valence-corrected chi connectivity index (χ1v) is 6.84. The van der Waals surface area contributed by atoms with Crippen LogP contribution < -0.4 is 9.46 Å². The van der Waals surface area contributed by atoms with Crippen LogP contribution in [0.4, 0.5) is 8.78 Å². The lowest BCUT2D eigenvalue weighted by atomic mass is 10.2. The Balaban J connectivity index is 3.15. The smallest absolute Gasteiger partial charge is 0.335 e. The van der Waals surface area contributed by atoms with Crippen LogP contribution in [0.3, 0.4) is 0 Å². The van der Waals surface area contributed by atoms with Crippen LogP contribution in [0.15, 0.2) is 23.1 Å². The number of rotatable bonds is 6. The first-order valence-electron chi connectivity index (χ1n) is 5.35. The quantitative estimate of drug-likeness (QED) is 0.827. The van der Waals surface area contributed by atoms with E-state index in [1.807, 2.05) is 0 Å². The third-order valence-corrected chi connectivity index (χ3v) is 3.71. The van der Waals surface area contributed by atoms with Crippen molar-refractivity contribution in [3.8, 4) is 5.75 Å². The van der Waals surface area contributed by atoms with Gasteiger partial charge in [0.2, 0.25) is 10.0 Å². The van der Waals surface area contributed by atoms with Crippen LogP contribution in [0, 0.1) is 0 Å². The van der Waals surface area contributed by atoms with E-state index in [1.165, 1.54) is 0 Å². The number of carboxylic acid groups (broad SMARTS) is 1. The molecule has 0 heterocycles. The molecule has 0 amide bonds. The molecule has 20 heavy (non-hydrogen) atoms. The van der Waals surface area contributed by atoms with Crippen molar-refractivity contribution in [2.75, 3.05) is 13.7 Å². The van der Waals surface area contributed by atoms with Crippen LogP contribution in [0.2, 0.25) is 0 Å². The van der Waals surface area contributed by atoms with Gasteiger partial charge in [-0.2, -0.15) is 0 Å². The number of nitrogens with one attached hydrogen (secondary N) is 1. The molecule has 0 radical (unpaired) electrons. The summed E-state index contributed by atoms with van der Waals surface area (Å²) in [4.78, 5) is 10.4. The highest BCUT2D eigenvalue weighted by atomic mass is 32.2. The number of hydrogen-bond acceptors (Lipinski definition) is 4. The number of sulfonamides is 1. The summed E-state index contributed by atoms with van der Waals surface area (Å²) in [5.74, 6) is -4.71. The summed E-state index contributed by atoms with van der Waals surface area (Å²) >= 11 is 0. The van der Waals surface area contributed by atoms with Crippen molar-refractivity contribution in [3.63, 3.8) is 0 Å². The molecule has 0 saturated heterocycles. The standard InChI is InChI=1S/C11H13F2NO5S/c1-11(12,13)6-14-20(17,18)9-4-3-7(10(15)16)5-8(9)19-2/h3-5,14H,6H2,1-2H3,(H,15,16). The Morgan fingerprint density at radius 1 is 1.45 bits per heavy atom. The van der Waals surface area contributed by atoms with Crippen molar-refractivity contribution in [2.45, 2.75) is 17.7 Å². The lowest BCUT2D eigenvalue weighted by molar-refractivity contribution is 0.0281. The van der Waals surface area contributed by atoms with E-state index >= 15 is 0 Å². The van der Waals surface area contributed by atoms with E-state index in [2.05, 4.69) is 0 Å². The number of carboxylic acids is 1. The highest BCUT2D eigenvalue weighted by Gasteiger charge is 2.27. The highest BCUT2D eigenvalue weighted by Crippen LogP contribution is 2.25. The van der Waals surface area contributed by atoms with Crippen LogP contribution in [0.25, 0.3) is 0 Å². The SMILES string of the molecule is COc1cc(C(=O)O)ccc1S(=O)(=O)NCC(C)(F)F. The van der Waals surface area contributed by atoms with Crippen molar-refractivity contribution < 1.29 is 31.8 Å². The summed E-state index contributed by atoms with van der Waals surface area (Å²) in [7, 11) is -3.08. The molecule has 1 aromatic carbocycles. The Morgan fingerprint density at radius 2 is 2.05 bits per heavy atom. The minimum absolute atomic E-state index is 0.179. The maximum absolute atomic E-state index is 12.7.